The fourth-order valence-electron chi connectivity index (χ4n) is 4.49. The quantitative estimate of drug-likeness (QED) is 0.783. The van der Waals surface area contributed by atoms with E-state index in [1.54, 1.807) is 23.1 Å². The Balaban J connectivity index is 1.43. The first-order chi connectivity index (χ1) is 12.5. The molecule has 3 saturated heterocycles. The highest BCUT2D eigenvalue weighted by Gasteiger charge is 2.43. The van der Waals surface area contributed by atoms with Gasteiger partial charge in [0.05, 0.1) is 10.7 Å². The minimum absolute atomic E-state index is 0.0311. The molecule has 3 aliphatic heterocycles. The number of carbonyl (C=O) groups excluding carboxylic acids is 2. The first-order valence-electron chi connectivity index (χ1n) is 9.25. The number of benzene rings is 1. The van der Waals surface area contributed by atoms with Crippen molar-refractivity contribution in [3.05, 3.63) is 28.2 Å². The molecule has 1 aromatic rings. The van der Waals surface area contributed by atoms with Gasteiger partial charge >= 0.3 is 0 Å². The number of rotatable bonds is 2. The van der Waals surface area contributed by atoms with E-state index in [9.17, 15) is 9.59 Å². The second-order valence-electron chi connectivity index (χ2n) is 7.68. The summed E-state index contributed by atoms with van der Waals surface area (Å²) in [5.74, 6) is -0.792. The second kappa shape index (κ2) is 7.02. The van der Waals surface area contributed by atoms with Gasteiger partial charge in [-0.15, -0.1) is 0 Å². The molecule has 1 unspecified atom stereocenters. The average Bonchev–Trinajstić information content (AvgIpc) is 3.24. The molecule has 140 valence electrons. The van der Waals surface area contributed by atoms with Crippen molar-refractivity contribution in [3.8, 4) is 0 Å². The summed E-state index contributed by atoms with van der Waals surface area (Å²) in [5, 5.41) is 4.44. The molecule has 0 saturated carbocycles. The Labute approximate surface area is 163 Å². The molecule has 0 radical (unpaired) electrons. The molecule has 3 heterocycles. The van der Waals surface area contributed by atoms with Gasteiger partial charge in [-0.3, -0.25) is 9.59 Å². The van der Waals surface area contributed by atoms with Crippen LogP contribution in [-0.2, 0) is 9.59 Å². The summed E-state index contributed by atoms with van der Waals surface area (Å²) in [4.78, 5) is 29.3. The van der Waals surface area contributed by atoms with Crippen LogP contribution in [0.4, 0.5) is 5.69 Å². The van der Waals surface area contributed by atoms with Crippen molar-refractivity contribution in [1.29, 1.82) is 0 Å². The van der Waals surface area contributed by atoms with Gasteiger partial charge in [0.25, 0.3) is 0 Å². The summed E-state index contributed by atoms with van der Waals surface area (Å²) in [6, 6.07) is 5.06. The molecule has 0 bridgehead atoms. The van der Waals surface area contributed by atoms with Crippen molar-refractivity contribution in [2.75, 3.05) is 37.6 Å². The largest absolute Gasteiger partial charge is 0.342 e. The third-order valence-corrected chi connectivity index (χ3v) is 6.73. The second-order valence-corrected chi connectivity index (χ2v) is 8.52. The molecule has 1 N–H and O–H groups in total. The molecule has 1 aromatic carbocycles. The lowest BCUT2D eigenvalue weighted by Gasteiger charge is -2.39. The molecule has 0 aromatic heterocycles. The van der Waals surface area contributed by atoms with Gasteiger partial charge in [0.1, 0.15) is 5.92 Å². The van der Waals surface area contributed by atoms with E-state index < -0.39 is 5.92 Å². The standard InChI is InChI=1S/C19H23Cl2N3O2/c20-13-1-2-15(21)16(11-13)24-8-3-14(18(24)26)17(25)23-9-5-19(6-10-23)4-7-22-12-19/h1-2,11,14,22H,3-10,12H2. The SMILES string of the molecule is O=C(C1CCN(c2cc(Cl)ccc2Cl)C1=O)N1CCC2(CCNC2)CC1. The fourth-order valence-corrected chi connectivity index (χ4v) is 4.87. The molecular formula is C19H23Cl2N3O2. The van der Waals surface area contributed by atoms with Crippen LogP contribution in [0, 0.1) is 11.3 Å². The first kappa shape index (κ1) is 18.1. The Morgan fingerprint density at radius 2 is 1.92 bits per heavy atom. The maximum Gasteiger partial charge on any atom is 0.239 e. The number of anilines is 1. The maximum absolute atomic E-state index is 12.9. The van der Waals surface area contributed by atoms with Gasteiger partial charge in [-0.1, -0.05) is 23.2 Å². The third-order valence-electron chi connectivity index (χ3n) is 6.17. The van der Waals surface area contributed by atoms with Crippen LogP contribution in [0.3, 0.4) is 0 Å². The van der Waals surface area contributed by atoms with Crippen LogP contribution >= 0.6 is 23.2 Å². The smallest absolute Gasteiger partial charge is 0.239 e. The van der Waals surface area contributed by atoms with Gasteiger partial charge in [0, 0.05) is 31.2 Å². The predicted octanol–water partition coefficient (Wildman–Crippen LogP) is 2.95. The van der Waals surface area contributed by atoms with E-state index in [1.165, 1.54) is 6.42 Å². The minimum atomic E-state index is -0.596. The number of piperidine rings is 1. The molecule has 4 rings (SSSR count). The number of amides is 2. The van der Waals surface area contributed by atoms with Crippen LogP contribution in [0.15, 0.2) is 18.2 Å². The highest BCUT2D eigenvalue weighted by molar-refractivity contribution is 6.36. The lowest BCUT2D eigenvalue weighted by Crippen LogP contribution is -2.47. The summed E-state index contributed by atoms with van der Waals surface area (Å²) < 4.78 is 0. The first-order valence-corrected chi connectivity index (χ1v) is 10.0. The fraction of sp³-hybridized carbons (Fsp3) is 0.579. The summed E-state index contributed by atoms with van der Waals surface area (Å²) in [5.41, 5.74) is 0.950. The van der Waals surface area contributed by atoms with Crippen molar-refractivity contribution in [2.45, 2.75) is 25.7 Å². The van der Waals surface area contributed by atoms with E-state index in [4.69, 9.17) is 23.2 Å². The summed E-state index contributed by atoms with van der Waals surface area (Å²) in [6.07, 6.45) is 3.77. The normalized spacial score (nSPS) is 25.3. The van der Waals surface area contributed by atoms with Crippen molar-refractivity contribution in [3.63, 3.8) is 0 Å². The summed E-state index contributed by atoms with van der Waals surface area (Å²) >= 11 is 12.3. The van der Waals surface area contributed by atoms with E-state index in [0.717, 1.165) is 39.0 Å². The van der Waals surface area contributed by atoms with E-state index >= 15 is 0 Å². The number of hydrogen-bond donors (Lipinski definition) is 1. The Morgan fingerprint density at radius 1 is 1.15 bits per heavy atom. The van der Waals surface area contributed by atoms with Crippen LogP contribution < -0.4 is 10.2 Å². The molecule has 7 heteroatoms. The number of carbonyl (C=O) groups is 2. The molecule has 2 amide bonds. The van der Waals surface area contributed by atoms with Crippen molar-refractivity contribution in [2.24, 2.45) is 11.3 Å². The average molecular weight is 396 g/mol. The Hall–Kier alpha value is -1.30. The molecular weight excluding hydrogens is 373 g/mol. The lowest BCUT2D eigenvalue weighted by molar-refractivity contribution is -0.141. The Morgan fingerprint density at radius 3 is 2.62 bits per heavy atom. The van der Waals surface area contributed by atoms with Crippen molar-refractivity contribution in [1.82, 2.24) is 10.2 Å². The predicted molar refractivity (Wildman–Crippen MR) is 103 cm³/mol. The van der Waals surface area contributed by atoms with Crippen molar-refractivity contribution >= 4 is 40.7 Å². The van der Waals surface area contributed by atoms with Crippen LogP contribution in [0.25, 0.3) is 0 Å². The zero-order valence-corrected chi connectivity index (χ0v) is 16.2. The van der Waals surface area contributed by atoms with Crippen molar-refractivity contribution < 1.29 is 9.59 Å². The van der Waals surface area contributed by atoms with Gasteiger partial charge in [0.15, 0.2) is 0 Å². The van der Waals surface area contributed by atoms with E-state index in [-0.39, 0.29) is 11.8 Å². The topological polar surface area (TPSA) is 52.7 Å². The van der Waals surface area contributed by atoms with E-state index in [2.05, 4.69) is 5.32 Å². The van der Waals surface area contributed by atoms with Gasteiger partial charge in [0.2, 0.25) is 11.8 Å². The highest BCUT2D eigenvalue weighted by atomic mass is 35.5. The third kappa shape index (κ3) is 3.21. The minimum Gasteiger partial charge on any atom is -0.342 e. The monoisotopic (exact) mass is 395 g/mol. The molecule has 0 aliphatic carbocycles. The highest BCUT2D eigenvalue weighted by Crippen LogP contribution is 2.38. The van der Waals surface area contributed by atoms with Crippen LogP contribution in [0.1, 0.15) is 25.7 Å². The zero-order valence-electron chi connectivity index (χ0n) is 14.6. The molecule has 26 heavy (non-hydrogen) atoms. The Kier molecular flexibility index (Phi) is 4.88. The number of halogens is 2. The van der Waals surface area contributed by atoms with E-state index in [1.807, 2.05) is 4.90 Å². The van der Waals surface area contributed by atoms with Gasteiger partial charge in [-0.25, -0.2) is 0 Å². The number of hydrogen-bond acceptors (Lipinski definition) is 3. The zero-order chi connectivity index (χ0) is 18.3. The Bertz CT molecular complexity index is 723. The number of nitrogens with one attached hydrogen (secondary N) is 1. The number of likely N-dealkylation sites (tertiary alicyclic amines) is 1. The van der Waals surface area contributed by atoms with Crippen LogP contribution in [0.5, 0.6) is 0 Å². The summed E-state index contributed by atoms with van der Waals surface area (Å²) in [6.45, 7) is 4.13. The molecule has 1 atom stereocenters. The van der Waals surface area contributed by atoms with Gasteiger partial charge in [-0.05, 0) is 55.8 Å². The molecule has 3 fully saturated rings. The number of nitrogens with zero attached hydrogens (tertiary/aromatic N) is 2. The molecule has 1 spiro atoms. The summed E-state index contributed by atoms with van der Waals surface area (Å²) in [7, 11) is 0. The van der Waals surface area contributed by atoms with Gasteiger partial charge in [-0.2, -0.15) is 0 Å². The maximum atomic E-state index is 12.9. The van der Waals surface area contributed by atoms with Crippen LogP contribution in [-0.4, -0.2) is 49.4 Å². The lowest BCUT2D eigenvalue weighted by atomic mass is 9.77. The van der Waals surface area contributed by atoms with Crippen LogP contribution in [0.2, 0.25) is 10.0 Å². The molecule has 5 nitrogen and oxygen atoms in total. The van der Waals surface area contributed by atoms with E-state index in [0.29, 0.717) is 34.1 Å². The molecule has 3 aliphatic rings. The van der Waals surface area contributed by atoms with Gasteiger partial charge < -0.3 is 15.1 Å².